The molecule has 0 spiro atoms. The van der Waals surface area contributed by atoms with Crippen LogP contribution in [0, 0.1) is 5.82 Å². The van der Waals surface area contributed by atoms with Crippen molar-refractivity contribution < 1.29 is 18.7 Å². The van der Waals surface area contributed by atoms with Gasteiger partial charge in [0, 0.05) is 11.6 Å². The zero-order valence-corrected chi connectivity index (χ0v) is 6.04. The lowest BCUT2D eigenvalue weighted by atomic mass is 10.2. The lowest BCUT2D eigenvalue weighted by Gasteiger charge is -2.14. The summed E-state index contributed by atoms with van der Waals surface area (Å²) in [4.78, 5) is 10.6. The zero-order chi connectivity index (χ0) is 8.55. The first kappa shape index (κ1) is 7.09. The molecule has 0 saturated carbocycles. The van der Waals surface area contributed by atoms with Crippen molar-refractivity contribution in [1.82, 2.24) is 0 Å². The highest BCUT2D eigenvalue weighted by Gasteiger charge is 2.17. The van der Waals surface area contributed by atoms with Gasteiger partial charge in [-0.05, 0) is 12.1 Å². The molecule has 4 heteroatoms. The van der Waals surface area contributed by atoms with Crippen molar-refractivity contribution in [2.45, 2.75) is 6.61 Å². The summed E-state index contributed by atoms with van der Waals surface area (Å²) in [6.07, 6.45) is -0.784. The van der Waals surface area contributed by atoms with Crippen LogP contribution in [0.1, 0.15) is 5.56 Å². The van der Waals surface area contributed by atoms with Gasteiger partial charge in [0.15, 0.2) is 0 Å². The molecule has 1 aromatic carbocycles. The van der Waals surface area contributed by atoms with Gasteiger partial charge in [-0.25, -0.2) is 9.18 Å². The number of carbonyl (C=O) groups is 1. The van der Waals surface area contributed by atoms with Crippen LogP contribution in [0.15, 0.2) is 18.2 Å². The summed E-state index contributed by atoms with van der Waals surface area (Å²) in [6.45, 7) is 0.147. The lowest BCUT2D eigenvalue weighted by molar-refractivity contribution is 0.0783. The van der Waals surface area contributed by atoms with E-state index in [9.17, 15) is 9.18 Å². The molecule has 0 N–H and O–H groups in total. The highest BCUT2D eigenvalue weighted by molar-refractivity contribution is 5.66. The van der Waals surface area contributed by atoms with E-state index in [-0.39, 0.29) is 12.4 Å². The molecule has 3 nitrogen and oxygen atoms in total. The molecule has 2 rings (SSSR count). The Labute approximate surface area is 67.7 Å². The molecule has 0 amide bonds. The molecule has 1 aliphatic heterocycles. The van der Waals surface area contributed by atoms with E-state index in [0.717, 1.165) is 6.07 Å². The van der Waals surface area contributed by atoms with Gasteiger partial charge in [0.2, 0.25) is 0 Å². The molecule has 12 heavy (non-hydrogen) atoms. The highest BCUT2D eigenvalue weighted by Crippen LogP contribution is 2.24. The number of carbonyl (C=O) groups excluding carboxylic acids is 1. The topological polar surface area (TPSA) is 35.5 Å². The van der Waals surface area contributed by atoms with Gasteiger partial charge in [-0.3, -0.25) is 0 Å². The Hall–Kier alpha value is -1.58. The Bertz CT molecular complexity index is 335. The van der Waals surface area contributed by atoms with Crippen molar-refractivity contribution in [1.29, 1.82) is 0 Å². The number of ether oxygens (including phenoxy) is 2. The maximum atomic E-state index is 12.6. The maximum absolute atomic E-state index is 12.6. The second kappa shape index (κ2) is 2.48. The summed E-state index contributed by atoms with van der Waals surface area (Å²) in [7, 11) is 0. The van der Waals surface area contributed by atoms with Gasteiger partial charge in [-0.1, -0.05) is 0 Å². The first-order valence-electron chi connectivity index (χ1n) is 3.39. The normalized spacial score (nSPS) is 14.6. The van der Waals surface area contributed by atoms with E-state index >= 15 is 0 Å². The number of rotatable bonds is 0. The SMILES string of the molecule is O=C1OCc2ccc(F)cc2O1. The van der Waals surface area contributed by atoms with E-state index in [0.29, 0.717) is 5.56 Å². The van der Waals surface area contributed by atoms with E-state index in [1.807, 2.05) is 0 Å². The third kappa shape index (κ3) is 1.11. The van der Waals surface area contributed by atoms with Crippen molar-refractivity contribution in [3.63, 3.8) is 0 Å². The molecule has 0 aliphatic carbocycles. The molecule has 0 aromatic heterocycles. The van der Waals surface area contributed by atoms with Crippen LogP contribution in [0.2, 0.25) is 0 Å². The average Bonchev–Trinajstić information content (AvgIpc) is 2.03. The van der Waals surface area contributed by atoms with Gasteiger partial charge < -0.3 is 9.47 Å². The lowest BCUT2D eigenvalue weighted by Crippen LogP contribution is -2.17. The number of cyclic esters (lactones) is 1. The number of hydrogen-bond acceptors (Lipinski definition) is 3. The summed E-state index contributed by atoms with van der Waals surface area (Å²) in [6, 6.07) is 3.98. The van der Waals surface area contributed by atoms with Crippen LogP contribution in [0.25, 0.3) is 0 Å². The fourth-order valence-electron chi connectivity index (χ4n) is 0.999. The quantitative estimate of drug-likeness (QED) is 0.438. The van der Waals surface area contributed by atoms with Gasteiger partial charge in [0.05, 0.1) is 0 Å². The molecule has 62 valence electrons. The molecule has 1 aliphatic rings. The molecule has 1 aromatic rings. The largest absolute Gasteiger partial charge is 0.514 e. The van der Waals surface area contributed by atoms with Crippen molar-refractivity contribution in [3.05, 3.63) is 29.6 Å². The minimum Gasteiger partial charge on any atom is -0.429 e. The number of fused-ring (bicyclic) bond motifs is 1. The number of benzene rings is 1. The van der Waals surface area contributed by atoms with Crippen molar-refractivity contribution >= 4 is 6.16 Å². The van der Waals surface area contributed by atoms with Crippen LogP contribution in [0.4, 0.5) is 9.18 Å². The maximum Gasteiger partial charge on any atom is 0.514 e. The van der Waals surface area contributed by atoms with E-state index in [1.165, 1.54) is 12.1 Å². The van der Waals surface area contributed by atoms with Crippen LogP contribution in [0.3, 0.4) is 0 Å². The summed E-state index contributed by atoms with van der Waals surface area (Å²) >= 11 is 0. The van der Waals surface area contributed by atoms with Crippen molar-refractivity contribution in [2.75, 3.05) is 0 Å². The molecule has 0 unspecified atom stereocenters. The number of hydrogen-bond donors (Lipinski definition) is 0. The molecule has 1 heterocycles. The van der Waals surface area contributed by atoms with E-state index in [4.69, 9.17) is 0 Å². The van der Waals surface area contributed by atoms with Crippen LogP contribution in [0.5, 0.6) is 5.75 Å². The van der Waals surface area contributed by atoms with Gasteiger partial charge >= 0.3 is 6.16 Å². The zero-order valence-electron chi connectivity index (χ0n) is 6.04. The standard InChI is InChI=1S/C8H5FO3/c9-6-2-1-5-4-11-8(10)12-7(5)3-6/h1-3H,4H2. The van der Waals surface area contributed by atoms with E-state index < -0.39 is 12.0 Å². The average molecular weight is 168 g/mol. The minimum atomic E-state index is -0.784. The third-order valence-corrected chi connectivity index (χ3v) is 1.57. The predicted octanol–water partition coefficient (Wildman–Crippen LogP) is 1.85. The monoisotopic (exact) mass is 168 g/mol. The van der Waals surface area contributed by atoms with Gasteiger partial charge in [0.1, 0.15) is 18.2 Å². The van der Waals surface area contributed by atoms with E-state index in [2.05, 4.69) is 9.47 Å². The van der Waals surface area contributed by atoms with E-state index in [1.54, 1.807) is 0 Å². The molecule has 0 radical (unpaired) electrons. The van der Waals surface area contributed by atoms with Gasteiger partial charge in [-0.15, -0.1) is 0 Å². The van der Waals surface area contributed by atoms with Crippen LogP contribution < -0.4 is 4.74 Å². The first-order chi connectivity index (χ1) is 5.75. The van der Waals surface area contributed by atoms with Crippen molar-refractivity contribution in [3.8, 4) is 5.75 Å². The molecule has 0 bridgehead atoms. The smallest absolute Gasteiger partial charge is 0.429 e. The summed E-state index contributed by atoms with van der Waals surface area (Å²) in [5.74, 6) is -0.185. The molecule has 0 atom stereocenters. The first-order valence-corrected chi connectivity index (χ1v) is 3.39. The Kier molecular flexibility index (Phi) is 1.46. The Morgan fingerprint density at radius 1 is 1.42 bits per heavy atom. The summed E-state index contributed by atoms with van der Waals surface area (Å²) in [5, 5.41) is 0. The second-order valence-corrected chi connectivity index (χ2v) is 2.39. The van der Waals surface area contributed by atoms with Crippen LogP contribution in [-0.4, -0.2) is 6.16 Å². The minimum absolute atomic E-state index is 0.147. The Balaban J connectivity index is 2.44. The summed E-state index contributed by atoms with van der Waals surface area (Å²) in [5.41, 5.74) is 0.677. The Morgan fingerprint density at radius 3 is 3.08 bits per heavy atom. The molecule has 0 fully saturated rings. The fourth-order valence-corrected chi connectivity index (χ4v) is 0.999. The third-order valence-electron chi connectivity index (χ3n) is 1.57. The van der Waals surface area contributed by atoms with Crippen molar-refractivity contribution in [2.24, 2.45) is 0 Å². The number of halogens is 1. The predicted molar refractivity (Wildman–Crippen MR) is 37.2 cm³/mol. The van der Waals surface area contributed by atoms with Gasteiger partial charge in [-0.2, -0.15) is 0 Å². The fraction of sp³-hybridized carbons (Fsp3) is 0.125. The van der Waals surface area contributed by atoms with Crippen LogP contribution >= 0.6 is 0 Å². The highest BCUT2D eigenvalue weighted by atomic mass is 19.1. The Morgan fingerprint density at radius 2 is 2.25 bits per heavy atom. The van der Waals surface area contributed by atoms with Crippen LogP contribution in [-0.2, 0) is 11.3 Å². The molecule has 0 saturated heterocycles. The summed E-state index contributed by atoms with van der Waals surface area (Å²) < 4.78 is 21.8. The second-order valence-electron chi connectivity index (χ2n) is 2.39. The molecular formula is C8H5FO3. The van der Waals surface area contributed by atoms with Gasteiger partial charge in [0.25, 0.3) is 0 Å². The molecular weight excluding hydrogens is 163 g/mol.